The highest BCUT2D eigenvalue weighted by atomic mass is 19.1. The Hall–Kier alpha value is -2.43. The third-order valence-corrected chi connectivity index (χ3v) is 3.38. The van der Waals surface area contributed by atoms with E-state index < -0.39 is 5.82 Å². The standard InChI is InChI=1S/C16H15FN2O2/c1-3-4-11-8-13(19(2)18-11)16-9-14(20)12-7-10(17)5-6-15(12)21-16/h5-9H,3-4H2,1-2H3. The molecule has 0 N–H and O–H groups in total. The molecule has 0 saturated heterocycles. The van der Waals surface area contributed by atoms with E-state index in [1.807, 2.05) is 13.1 Å². The van der Waals surface area contributed by atoms with Gasteiger partial charge in [0.1, 0.15) is 17.1 Å². The Labute approximate surface area is 120 Å². The molecule has 0 aliphatic heterocycles. The second-order valence-electron chi connectivity index (χ2n) is 5.01. The summed E-state index contributed by atoms with van der Waals surface area (Å²) in [6.07, 6.45) is 1.87. The molecule has 108 valence electrons. The van der Waals surface area contributed by atoms with E-state index in [0.717, 1.165) is 24.2 Å². The van der Waals surface area contributed by atoms with Gasteiger partial charge in [0.15, 0.2) is 11.2 Å². The van der Waals surface area contributed by atoms with Crippen LogP contribution in [0.15, 0.2) is 39.5 Å². The van der Waals surface area contributed by atoms with Crippen molar-refractivity contribution in [1.29, 1.82) is 0 Å². The maximum Gasteiger partial charge on any atom is 0.193 e. The lowest BCUT2D eigenvalue weighted by molar-refractivity contribution is 0.599. The maximum atomic E-state index is 13.2. The van der Waals surface area contributed by atoms with Gasteiger partial charge < -0.3 is 4.42 Å². The summed E-state index contributed by atoms with van der Waals surface area (Å²) in [5.41, 5.74) is 1.81. The first-order chi connectivity index (χ1) is 10.1. The Morgan fingerprint density at radius 2 is 2.10 bits per heavy atom. The number of benzene rings is 1. The fraction of sp³-hybridized carbons (Fsp3) is 0.250. The van der Waals surface area contributed by atoms with Gasteiger partial charge in [0.25, 0.3) is 0 Å². The molecule has 21 heavy (non-hydrogen) atoms. The lowest BCUT2D eigenvalue weighted by atomic mass is 10.2. The monoisotopic (exact) mass is 286 g/mol. The van der Waals surface area contributed by atoms with E-state index in [4.69, 9.17) is 4.42 Å². The summed E-state index contributed by atoms with van der Waals surface area (Å²) in [4.78, 5) is 12.1. The molecule has 3 rings (SSSR count). The SMILES string of the molecule is CCCc1cc(-c2cc(=O)c3cc(F)ccc3o2)n(C)n1. The fourth-order valence-electron chi connectivity index (χ4n) is 2.39. The smallest absolute Gasteiger partial charge is 0.193 e. The number of hydrogen-bond acceptors (Lipinski definition) is 3. The minimum atomic E-state index is -0.451. The Balaban J connectivity index is 2.17. The van der Waals surface area contributed by atoms with E-state index in [0.29, 0.717) is 11.3 Å². The van der Waals surface area contributed by atoms with Crippen LogP contribution in [0.25, 0.3) is 22.4 Å². The van der Waals surface area contributed by atoms with Gasteiger partial charge in [0.2, 0.25) is 0 Å². The van der Waals surface area contributed by atoms with Crippen molar-refractivity contribution >= 4 is 11.0 Å². The molecule has 2 heterocycles. The summed E-state index contributed by atoms with van der Waals surface area (Å²) in [6.45, 7) is 2.08. The zero-order valence-electron chi connectivity index (χ0n) is 11.9. The summed E-state index contributed by atoms with van der Waals surface area (Å²) in [5.74, 6) is -0.00947. The van der Waals surface area contributed by atoms with Crippen molar-refractivity contribution in [3.8, 4) is 11.5 Å². The molecule has 0 spiro atoms. The van der Waals surface area contributed by atoms with E-state index >= 15 is 0 Å². The summed E-state index contributed by atoms with van der Waals surface area (Å²) < 4.78 is 20.6. The molecular weight excluding hydrogens is 271 g/mol. The van der Waals surface area contributed by atoms with Crippen LogP contribution in [0.3, 0.4) is 0 Å². The van der Waals surface area contributed by atoms with Crippen molar-refractivity contribution < 1.29 is 8.81 Å². The van der Waals surface area contributed by atoms with Gasteiger partial charge in [-0.1, -0.05) is 13.3 Å². The quantitative estimate of drug-likeness (QED) is 0.742. The van der Waals surface area contributed by atoms with Gasteiger partial charge in [-0.3, -0.25) is 9.48 Å². The lowest BCUT2D eigenvalue weighted by Crippen LogP contribution is -2.02. The van der Waals surface area contributed by atoms with Crippen LogP contribution >= 0.6 is 0 Å². The lowest BCUT2D eigenvalue weighted by Gasteiger charge is -2.03. The van der Waals surface area contributed by atoms with Gasteiger partial charge in [-0.05, 0) is 30.7 Å². The average molecular weight is 286 g/mol. The number of aryl methyl sites for hydroxylation is 2. The second-order valence-corrected chi connectivity index (χ2v) is 5.01. The van der Waals surface area contributed by atoms with E-state index in [1.165, 1.54) is 24.3 Å². The predicted octanol–water partition coefficient (Wildman–Crippen LogP) is 3.29. The van der Waals surface area contributed by atoms with Gasteiger partial charge in [0, 0.05) is 13.1 Å². The van der Waals surface area contributed by atoms with Crippen molar-refractivity contribution in [2.45, 2.75) is 19.8 Å². The highest BCUT2D eigenvalue weighted by Crippen LogP contribution is 2.23. The zero-order chi connectivity index (χ0) is 15.0. The van der Waals surface area contributed by atoms with Crippen LogP contribution in [0, 0.1) is 5.82 Å². The molecule has 5 heteroatoms. The van der Waals surface area contributed by atoms with Crippen LogP contribution in [-0.2, 0) is 13.5 Å². The van der Waals surface area contributed by atoms with Crippen molar-refractivity contribution in [3.05, 3.63) is 52.1 Å². The van der Waals surface area contributed by atoms with Crippen molar-refractivity contribution in [1.82, 2.24) is 9.78 Å². The van der Waals surface area contributed by atoms with Gasteiger partial charge in [-0.25, -0.2) is 4.39 Å². The number of nitrogens with zero attached hydrogens (tertiary/aromatic N) is 2. The Morgan fingerprint density at radius 1 is 1.29 bits per heavy atom. The number of fused-ring (bicyclic) bond motifs is 1. The van der Waals surface area contributed by atoms with Gasteiger partial charge in [-0.15, -0.1) is 0 Å². The van der Waals surface area contributed by atoms with Crippen LogP contribution in [-0.4, -0.2) is 9.78 Å². The van der Waals surface area contributed by atoms with Crippen LogP contribution < -0.4 is 5.43 Å². The minimum absolute atomic E-state index is 0.245. The normalized spacial score (nSPS) is 11.2. The van der Waals surface area contributed by atoms with Crippen LogP contribution in [0.2, 0.25) is 0 Å². The average Bonchev–Trinajstić information content (AvgIpc) is 2.81. The molecular formula is C16H15FN2O2. The van der Waals surface area contributed by atoms with Crippen molar-refractivity contribution in [2.24, 2.45) is 7.05 Å². The number of rotatable bonds is 3. The second kappa shape index (κ2) is 5.16. The first-order valence-corrected chi connectivity index (χ1v) is 6.85. The Kier molecular flexibility index (Phi) is 3.33. The largest absolute Gasteiger partial charge is 0.454 e. The van der Waals surface area contributed by atoms with Crippen LogP contribution in [0.5, 0.6) is 0 Å². The van der Waals surface area contributed by atoms with E-state index in [9.17, 15) is 9.18 Å². The minimum Gasteiger partial charge on any atom is -0.454 e. The van der Waals surface area contributed by atoms with Gasteiger partial charge in [0.05, 0.1) is 11.1 Å². The number of aromatic nitrogens is 2. The topological polar surface area (TPSA) is 48.0 Å². The molecule has 0 saturated carbocycles. The fourth-order valence-corrected chi connectivity index (χ4v) is 2.39. The van der Waals surface area contributed by atoms with Crippen molar-refractivity contribution in [3.63, 3.8) is 0 Å². The number of hydrogen-bond donors (Lipinski definition) is 0. The highest BCUT2D eigenvalue weighted by molar-refractivity contribution is 5.78. The highest BCUT2D eigenvalue weighted by Gasteiger charge is 2.12. The Bertz CT molecular complexity index is 864. The Morgan fingerprint density at radius 3 is 2.86 bits per heavy atom. The molecule has 0 unspecified atom stereocenters. The number of halogens is 1. The molecule has 0 bridgehead atoms. The van der Waals surface area contributed by atoms with Gasteiger partial charge >= 0.3 is 0 Å². The molecule has 3 aromatic rings. The maximum absolute atomic E-state index is 13.2. The van der Waals surface area contributed by atoms with Crippen LogP contribution in [0.4, 0.5) is 4.39 Å². The third-order valence-electron chi connectivity index (χ3n) is 3.38. The summed E-state index contributed by atoms with van der Waals surface area (Å²) in [5, 5.41) is 4.64. The van der Waals surface area contributed by atoms with E-state index in [1.54, 1.807) is 4.68 Å². The third kappa shape index (κ3) is 2.46. The van der Waals surface area contributed by atoms with E-state index in [-0.39, 0.29) is 10.8 Å². The van der Waals surface area contributed by atoms with Crippen molar-refractivity contribution in [2.75, 3.05) is 0 Å². The molecule has 0 aliphatic rings. The molecule has 0 atom stereocenters. The summed E-state index contributed by atoms with van der Waals surface area (Å²) >= 11 is 0. The first-order valence-electron chi connectivity index (χ1n) is 6.85. The first kappa shape index (κ1) is 13.5. The zero-order valence-corrected chi connectivity index (χ0v) is 11.9. The summed E-state index contributed by atoms with van der Waals surface area (Å²) in [6, 6.07) is 7.24. The molecule has 4 nitrogen and oxygen atoms in total. The molecule has 0 amide bonds. The molecule has 0 aliphatic carbocycles. The summed E-state index contributed by atoms with van der Waals surface area (Å²) in [7, 11) is 1.81. The molecule has 2 aromatic heterocycles. The van der Waals surface area contributed by atoms with Gasteiger partial charge in [-0.2, -0.15) is 5.10 Å². The molecule has 0 radical (unpaired) electrons. The van der Waals surface area contributed by atoms with Crippen LogP contribution in [0.1, 0.15) is 19.0 Å². The molecule has 0 fully saturated rings. The predicted molar refractivity (Wildman–Crippen MR) is 78.6 cm³/mol. The van der Waals surface area contributed by atoms with E-state index in [2.05, 4.69) is 12.0 Å². The molecule has 1 aromatic carbocycles.